The van der Waals surface area contributed by atoms with E-state index in [-0.39, 0.29) is 0 Å². The molecule has 0 amide bonds. The highest BCUT2D eigenvalue weighted by Crippen LogP contribution is 2.23. The topological polar surface area (TPSA) is 21.3 Å². The Labute approximate surface area is 112 Å². The van der Waals surface area contributed by atoms with Gasteiger partial charge in [-0.1, -0.05) is 17.7 Å². The molecular weight excluding hydrogens is 222 g/mol. The van der Waals surface area contributed by atoms with E-state index < -0.39 is 0 Å². The lowest BCUT2D eigenvalue weighted by atomic mass is 9.95. The lowest BCUT2D eigenvalue weighted by molar-refractivity contribution is 0.192. The summed E-state index contributed by atoms with van der Waals surface area (Å²) in [5.74, 6) is 0. The minimum Gasteiger partial charge on any atom is -0.385 e. The Bertz CT molecular complexity index is 350. The summed E-state index contributed by atoms with van der Waals surface area (Å²) in [4.78, 5) is 0. The van der Waals surface area contributed by atoms with Gasteiger partial charge in [-0.2, -0.15) is 0 Å². The lowest BCUT2D eigenvalue weighted by Gasteiger charge is -2.20. The Morgan fingerprint density at radius 2 is 1.72 bits per heavy atom. The van der Waals surface area contributed by atoms with Crippen molar-refractivity contribution in [1.29, 1.82) is 0 Å². The van der Waals surface area contributed by atoms with E-state index in [4.69, 9.17) is 4.74 Å². The molecule has 1 rings (SSSR count). The molecule has 1 aromatic rings. The number of benzene rings is 1. The van der Waals surface area contributed by atoms with Crippen molar-refractivity contribution in [2.75, 3.05) is 20.3 Å². The standard InChI is InChI=1S/C16H27NO/c1-12-10-13(2)16(14(3)11-12)15(4)17-8-6-7-9-18-5/h10-11,15,17H,6-9H2,1-5H3. The second-order valence-corrected chi connectivity index (χ2v) is 5.19. The molecule has 0 saturated heterocycles. The Morgan fingerprint density at radius 3 is 2.28 bits per heavy atom. The monoisotopic (exact) mass is 249 g/mol. The van der Waals surface area contributed by atoms with Gasteiger partial charge in [0.25, 0.3) is 0 Å². The van der Waals surface area contributed by atoms with Gasteiger partial charge in [-0.15, -0.1) is 0 Å². The van der Waals surface area contributed by atoms with Gasteiger partial charge in [0.1, 0.15) is 0 Å². The number of ether oxygens (including phenoxy) is 1. The maximum absolute atomic E-state index is 5.06. The molecule has 0 fully saturated rings. The summed E-state index contributed by atoms with van der Waals surface area (Å²) in [5, 5.41) is 3.60. The summed E-state index contributed by atoms with van der Waals surface area (Å²) in [6.07, 6.45) is 2.30. The fraction of sp³-hybridized carbons (Fsp3) is 0.625. The van der Waals surface area contributed by atoms with Crippen LogP contribution in [0.25, 0.3) is 0 Å². The van der Waals surface area contributed by atoms with Gasteiger partial charge in [0.05, 0.1) is 0 Å². The number of rotatable bonds is 7. The fourth-order valence-corrected chi connectivity index (χ4v) is 2.67. The van der Waals surface area contributed by atoms with Gasteiger partial charge in [0.15, 0.2) is 0 Å². The van der Waals surface area contributed by atoms with Gasteiger partial charge in [0.2, 0.25) is 0 Å². The van der Waals surface area contributed by atoms with Crippen LogP contribution in [-0.2, 0) is 4.74 Å². The maximum atomic E-state index is 5.06. The average molecular weight is 249 g/mol. The van der Waals surface area contributed by atoms with E-state index in [1.807, 2.05) is 0 Å². The summed E-state index contributed by atoms with van der Waals surface area (Å²) < 4.78 is 5.06. The van der Waals surface area contributed by atoms with Crippen LogP contribution in [-0.4, -0.2) is 20.3 Å². The normalized spacial score (nSPS) is 12.7. The van der Waals surface area contributed by atoms with E-state index in [0.717, 1.165) is 19.6 Å². The summed E-state index contributed by atoms with van der Waals surface area (Å²) in [6, 6.07) is 4.96. The van der Waals surface area contributed by atoms with E-state index in [9.17, 15) is 0 Å². The lowest BCUT2D eigenvalue weighted by Crippen LogP contribution is -2.21. The first-order valence-electron chi connectivity index (χ1n) is 6.86. The van der Waals surface area contributed by atoms with Crippen LogP contribution in [0.15, 0.2) is 12.1 Å². The van der Waals surface area contributed by atoms with Crippen molar-refractivity contribution in [2.45, 2.75) is 46.6 Å². The predicted octanol–water partition coefficient (Wildman–Crippen LogP) is 3.69. The first kappa shape index (κ1) is 15.2. The van der Waals surface area contributed by atoms with Gasteiger partial charge in [-0.3, -0.25) is 0 Å². The van der Waals surface area contributed by atoms with Crippen LogP contribution in [0.4, 0.5) is 0 Å². The quantitative estimate of drug-likeness (QED) is 0.744. The third-order valence-corrected chi connectivity index (χ3v) is 3.40. The molecule has 18 heavy (non-hydrogen) atoms. The number of hydrogen-bond donors (Lipinski definition) is 1. The average Bonchev–Trinajstić information content (AvgIpc) is 2.27. The first-order valence-corrected chi connectivity index (χ1v) is 6.86. The van der Waals surface area contributed by atoms with Gasteiger partial charge in [-0.25, -0.2) is 0 Å². The van der Waals surface area contributed by atoms with Crippen LogP contribution >= 0.6 is 0 Å². The Kier molecular flexibility index (Phi) is 6.37. The largest absolute Gasteiger partial charge is 0.385 e. The van der Waals surface area contributed by atoms with Crippen molar-refractivity contribution in [2.24, 2.45) is 0 Å². The van der Waals surface area contributed by atoms with E-state index in [0.29, 0.717) is 6.04 Å². The molecular formula is C16H27NO. The van der Waals surface area contributed by atoms with Crippen molar-refractivity contribution < 1.29 is 4.74 Å². The number of aryl methyl sites for hydroxylation is 3. The van der Waals surface area contributed by atoms with Crippen LogP contribution in [0.1, 0.15) is 48.1 Å². The summed E-state index contributed by atoms with van der Waals surface area (Å²) >= 11 is 0. The van der Waals surface area contributed by atoms with Crippen LogP contribution in [0.3, 0.4) is 0 Å². The number of methoxy groups -OCH3 is 1. The molecule has 1 aromatic carbocycles. The molecule has 0 aliphatic carbocycles. The molecule has 2 nitrogen and oxygen atoms in total. The van der Waals surface area contributed by atoms with Crippen LogP contribution in [0.5, 0.6) is 0 Å². The zero-order valence-corrected chi connectivity index (χ0v) is 12.5. The number of unbranched alkanes of at least 4 members (excludes halogenated alkanes) is 1. The molecule has 0 spiro atoms. The number of nitrogens with one attached hydrogen (secondary N) is 1. The van der Waals surface area contributed by atoms with Crippen molar-refractivity contribution in [3.63, 3.8) is 0 Å². The Morgan fingerprint density at radius 1 is 1.11 bits per heavy atom. The summed E-state index contributed by atoms with van der Waals surface area (Å²) in [5.41, 5.74) is 5.59. The molecule has 0 bridgehead atoms. The fourth-order valence-electron chi connectivity index (χ4n) is 2.67. The molecule has 0 heterocycles. The summed E-state index contributed by atoms with van der Waals surface area (Å²) in [7, 11) is 1.76. The van der Waals surface area contributed by atoms with Gasteiger partial charge >= 0.3 is 0 Å². The van der Waals surface area contributed by atoms with E-state index in [2.05, 4.69) is 45.1 Å². The summed E-state index contributed by atoms with van der Waals surface area (Å²) in [6.45, 7) is 10.7. The molecule has 2 heteroatoms. The second kappa shape index (κ2) is 7.55. The SMILES string of the molecule is COCCCCNC(C)c1c(C)cc(C)cc1C. The molecule has 0 radical (unpaired) electrons. The molecule has 0 saturated carbocycles. The molecule has 1 atom stereocenters. The predicted molar refractivity (Wildman–Crippen MR) is 78.2 cm³/mol. The molecule has 0 aliphatic rings. The van der Waals surface area contributed by atoms with Gasteiger partial charge in [-0.05, 0) is 63.8 Å². The minimum absolute atomic E-state index is 0.424. The van der Waals surface area contributed by atoms with Gasteiger partial charge in [0, 0.05) is 19.8 Å². The highest BCUT2D eigenvalue weighted by Gasteiger charge is 2.10. The van der Waals surface area contributed by atoms with Crippen LogP contribution < -0.4 is 5.32 Å². The second-order valence-electron chi connectivity index (χ2n) is 5.19. The van der Waals surface area contributed by atoms with Crippen molar-refractivity contribution >= 4 is 0 Å². The zero-order valence-electron chi connectivity index (χ0n) is 12.5. The smallest absolute Gasteiger partial charge is 0.0462 e. The molecule has 1 unspecified atom stereocenters. The van der Waals surface area contributed by atoms with Gasteiger partial charge < -0.3 is 10.1 Å². The Balaban J connectivity index is 2.53. The van der Waals surface area contributed by atoms with Crippen molar-refractivity contribution in [3.8, 4) is 0 Å². The van der Waals surface area contributed by atoms with Crippen LogP contribution in [0.2, 0.25) is 0 Å². The maximum Gasteiger partial charge on any atom is 0.0462 e. The molecule has 0 aliphatic heterocycles. The minimum atomic E-state index is 0.424. The Hall–Kier alpha value is -0.860. The first-order chi connectivity index (χ1) is 8.56. The van der Waals surface area contributed by atoms with Crippen molar-refractivity contribution in [1.82, 2.24) is 5.32 Å². The van der Waals surface area contributed by atoms with Crippen molar-refractivity contribution in [3.05, 3.63) is 34.4 Å². The zero-order chi connectivity index (χ0) is 13.5. The number of hydrogen-bond acceptors (Lipinski definition) is 2. The van der Waals surface area contributed by atoms with E-state index in [1.165, 1.54) is 28.7 Å². The molecule has 0 aromatic heterocycles. The molecule has 102 valence electrons. The molecule has 1 N–H and O–H groups in total. The highest BCUT2D eigenvalue weighted by atomic mass is 16.5. The highest BCUT2D eigenvalue weighted by molar-refractivity contribution is 5.39. The third kappa shape index (κ3) is 4.43. The van der Waals surface area contributed by atoms with Crippen LogP contribution in [0, 0.1) is 20.8 Å². The van der Waals surface area contributed by atoms with E-state index >= 15 is 0 Å². The van der Waals surface area contributed by atoms with E-state index in [1.54, 1.807) is 7.11 Å². The third-order valence-electron chi connectivity index (χ3n) is 3.40.